The van der Waals surface area contributed by atoms with Crippen LogP contribution in [-0.2, 0) is 4.79 Å². The first-order valence-corrected chi connectivity index (χ1v) is 6.64. The largest absolute Gasteiger partial charge is 0.342 e. The Morgan fingerprint density at radius 1 is 1.38 bits per heavy atom. The van der Waals surface area contributed by atoms with Gasteiger partial charge in [-0.1, -0.05) is 26.7 Å². The first-order chi connectivity index (χ1) is 7.63. The van der Waals surface area contributed by atoms with Gasteiger partial charge in [0.25, 0.3) is 0 Å². The van der Waals surface area contributed by atoms with E-state index in [9.17, 15) is 4.79 Å². The summed E-state index contributed by atoms with van der Waals surface area (Å²) in [6, 6.07) is 0.585. The number of hydrogen-bond donors (Lipinski definition) is 1. The predicted molar refractivity (Wildman–Crippen MR) is 67.4 cm³/mol. The highest BCUT2D eigenvalue weighted by molar-refractivity contribution is 5.78. The van der Waals surface area contributed by atoms with Gasteiger partial charge in [-0.2, -0.15) is 0 Å². The highest BCUT2D eigenvalue weighted by atomic mass is 16.2. The Kier molecular flexibility index (Phi) is 5.81. The van der Waals surface area contributed by atoms with Crippen LogP contribution in [0, 0.1) is 5.92 Å². The number of carbonyl (C=O) groups is 1. The number of rotatable bonds is 6. The molecule has 0 bridgehead atoms. The minimum absolute atomic E-state index is 0.253. The summed E-state index contributed by atoms with van der Waals surface area (Å²) in [6.45, 7) is 8.58. The third-order valence-electron chi connectivity index (χ3n) is 3.22. The summed E-state index contributed by atoms with van der Waals surface area (Å²) in [7, 11) is 0. The summed E-state index contributed by atoms with van der Waals surface area (Å²) in [5.41, 5.74) is 0. The maximum Gasteiger partial charge on any atom is 0.236 e. The van der Waals surface area contributed by atoms with Crippen LogP contribution < -0.4 is 5.32 Å². The SMILES string of the molecule is CCN(CC(C)C)C(=O)CNC1CCCC1. The zero-order valence-corrected chi connectivity index (χ0v) is 11.0. The lowest BCUT2D eigenvalue weighted by atomic mass is 10.2. The second kappa shape index (κ2) is 6.89. The molecular weight excluding hydrogens is 200 g/mol. The fourth-order valence-corrected chi connectivity index (χ4v) is 2.32. The van der Waals surface area contributed by atoms with Gasteiger partial charge in [0.2, 0.25) is 5.91 Å². The summed E-state index contributed by atoms with van der Waals surface area (Å²) < 4.78 is 0. The van der Waals surface area contributed by atoms with Crippen LogP contribution in [0.5, 0.6) is 0 Å². The van der Waals surface area contributed by atoms with Crippen molar-refractivity contribution in [2.45, 2.75) is 52.5 Å². The van der Waals surface area contributed by atoms with Crippen molar-refractivity contribution in [3.8, 4) is 0 Å². The predicted octanol–water partition coefficient (Wildman–Crippen LogP) is 2.02. The van der Waals surface area contributed by atoms with Crippen molar-refractivity contribution in [2.75, 3.05) is 19.6 Å². The summed E-state index contributed by atoms with van der Waals surface area (Å²) in [5.74, 6) is 0.804. The van der Waals surface area contributed by atoms with Gasteiger partial charge in [0.15, 0.2) is 0 Å². The highest BCUT2D eigenvalue weighted by Gasteiger charge is 2.17. The standard InChI is InChI=1S/C13H26N2O/c1-4-15(10-11(2)3)13(16)9-14-12-7-5-6-8-12/h11-12,14H,4-10H2,1-3H3. The minimum Gasteiger partial charge on any atom is -0.342 e. The number of nitrogens with one attached hydrogen (secondary N) is 1. The van der Waals surface area contributed by atoms with E-state index in [4.69, 9.17) is 0 Å². The molecule has 1 fully saturated rings. The Morgan fingerprint density at radius 2 is 2.00 bits per heavy atom. The first kappa shape index (κ1) is 13.5. The Labute approximate surface area is 99.6 Å². The molecule has 0 radical (unpaired) electrons. The number of likely N-dealkylation sites (N-methyl/N-ethyl adjacent to an activating group) is 1. The Hall–Kier alpha value is -0.570. The lowest BCUT2D eigenvalue weighted by molar-refractivity contribution is -0.130. The molecule has 0 aromatic carbocycles. The molecule has 0 unspecified atom stereocenters. The van der Waals surface area contributed by atoms with Crippen molar-refractivity contribution in [3.63, 3.8) is 0 Å². The molecule has 0 heterocycles. The maximum atomic E-state index is 11.9. The van der Waals surface area contributed by atoms with Crippen LogP contribution in [0.2, 0.25) is 0 Å². The van der Waals surface area contributed by atoms with E-state index in [1.807, 2.05) is 4.90 Å². The third kappa shape index (κ3) is 4.52. The number of hydrogen-bond acceptors (Lipinski definition) is 2. The zero-order valence-electron chi connectivity index (χ0n) is 11.0. The van der Waals surface area contributed by atoms with Crippen molar-refractivity contribution in [1.29, 1.82) is 0 Å². The van der Waals surface area contributed by atoms with E-state index < -0.39 is 0 Å². The van der Waals surface area contributed by atoms with Crippen LogP contribution in [0.25, 0.3) is 0 Å². The number of carbonyl (C=O) groups excluding carboxylic acids is 1. The molecule has 0 aromatic rings. The van der Waals surface area contributed by atoms with Gasteiger partial charge in [-0.05, 0) is 25.7 Å². The molecule has 0 spiro atoms. The quantitative estimate of drug-likeness (QED) is 0.751. The van der Waals surface area contributed by atoms with Crippen LogP contribution in [-0.4, -0.2) is 36.5 Å². The number of amides is 1. The van der Waals surface area contributed by atoms with E-state index in [-0.39, 0.29) is 5.91 Å². The van der Waals surface area contributed by atoms with Gasteiger partial charge in [-0.3, -0.25) is 4.79 Å². The van der Waals surface area contributed by atoms with Gasteiger partial charge < -0.3 is 10.2 Å². The summed E-state index contributed by atoms with van der Waals surface area (Å²) >= 11 is 0. The molecular formula is C13H26N2O. The third-order valence-corrected chi connectivity index (χ3v) is 3.22. The smallest absolute Gasteiger partial charge is 0.236 e. The fourth-order valence-electron chi connectivity index (χ4n) is 2.32. The van der Waals surface area contributed by atoms with Crippen LogP contribution in [0.3, 0.4) is 0 Å². The molecule has 1 amide bonds. The second-order valence-corrected chi connectivity index (χ2v) is 5.19. The highest BCUT2D eigenvalue weighted by Crippen LogP contribution is 2.17. The Bertz CT molecular complexity index is 210. The molecule has 1 N–H and O–H groups in total. The van der Waals surface area contributed by atoms with E-state index in [1.54, 1.807) is 0 Å². The molecule has 16 heavy (non-hydrogen) atoms. The lowest BCUT2D eigenvalue weighted by Crippen LogP contribution is -2.42. The van der Waals surface area contributed by atoms with Crippen molar-refractivity contribution in [1.82, 2.24) is 10.2 Å². The van der Waals surface area contributed by atoms with Crippen LogP contribution in [0.15, 0.2) is 0 Å². The summed E-state index contributed by atoms with van der Waals surface area (Å²) in [6.07, 6.45) is 5.11. The van der Waals surface area contributed by atoms with Gasteiger partial charge >= 0.3 is 0 Å². The normalized spacial score (nSPS) is 17.0. The van der Waals surface area contributed by atoms with Gasteiger partial charge in [0.05, 0.1) is 6.54 Å². The van der Waals surface area contributed by atoms with E-state index in [1.165, 1.54) is 25.7 Å². The average molecular weight is 226 g/mol. The van der Waals surface area contributed by atoms with Crippen LogP contribution >= 0.6 is 0 Å². The van der Waals surface area contributed by atoms with E-state index in [2.05, 4.69) is 26.1 Å². The molecule has 1 aliphatic rings. The molecule has 0 saturated heterocycles. The molecule has 0 aliphatic heterocycles. The molecule has 3 heteroatoms. The molecule has 1 rings (SSSR count). The van der Waals surface area contributed by atoms with Crippen molar-refractivity contribution in [3.05, 3.63) is 0 Å². The monoisotopic (exact) mass is 226 g/mol. The molecule has 0 atom stereocenters. The molecule has 94 valence electrons. The molecule has 0 aromatic heterocycles. The molecule has 1 aliphatic carbocycles. The molecule has 1 saturated carbocycles. The average Bonchev–Trinajstić information content (AvgIpc) is 2.75. The molecule has 3 nitrogen and oxygen atoms in total. The minimum atomic E-state index is 0.253. The first-order valence-electron chi connectivity index (χ1n) is 6.64. The maximum absolute atomic E-state index is 11.9. The van der Waals surface area contributed by atoms with Gasteiger partial charge in [0.1, 0.15) is 0 Å². The fraction of sp³-hybridized carbons (Fsp3) is 0.923. The van der Waals surface area contributed by atoms with Crippen LogP contribution in [0.1, 0.15) is 46.5 Å². The van der Waals surface area contributed by atoms with Crippen LogP contribution in [0.4, 0.5) is 0 Å². The summed E-state index contributed by atoms with van der Waals surface area (Å²) in [5, 5.41) is 3.38. The van der Waals surface area contributed by atoms with E-state index in [0.29, 0.717) is 18.5 Å². The zero-order chi connectivity index (χ0) is 12.0. The van der Waals surface area contributed by atoms with Crippen molar-refractivity contribution in [2.24, 2.45) is 5.92 Å². The number of nitrogens with zero attached hydrogens (tertiary/aromatic N) is 1. The van der Waals surface area contributed by atoms with Crippen molar-refractivity contribution >= 4 is 5.91 Å². The Morgan fingerprint density at radius 3 is 2.50 bits per heavy atom. The van der Waals surface area contributed by atoms with E-state index in [0.717, 1.165) is 13.1 Å². The van der Waals surface area contributed by atoms with Gasteiger partial charge in [-0.15, -0.1) is 0 Å². The van der Waals surface area contributed by atoms with Crippen molar-refractivity contribution < 1.29 is 4.79 Å². The van der Waals surface area contributed by atoms with Gasteiger partial charge in [-0.25, -0.2) is 0 Å². The second-order valence-electron chi connectivity index (χ2n) is 5.19. The topological polar surface area (TPSA) is 32.3 Å². The summed E-state index contributed by atoms with van der Waals surface area (Å²) in [4.78, 5) is 13.9. The van der Waals surface area contributed by atoms with E-state index >= 15 is 0 Å². The lowest BCUT2D eigenvalue weighted by Gasteiger charge is -2.24. The van der Waals surface area contributed by atoms with Gasteiger partial charge in [0, 0.05) is 19.1 Å². The Balaban J connectivity index is 2.25.